The Morgan fingerprint density at radius 2 is 2.07 bits per heavy atom. The zero-order valence-electron chi connectivity index (χ0n) is 17.4. The van der Waals surface area contributed by atoms with Crippen molar-refractivity contribution in [1.82, 2.24) is 4.98 Å². The van der Waals surface area contributed by atoms with Gasteiger partial charge in [-0.2, -0.15) is 0 Å². The van der Waals surface area contributed by atoms with Crippen LogP contribution in [-0.2, 0) is 11.2 Å². The molecule has 1 unspecified atom stereocenters. The van der Waals surface area contributed by atoms with Crippen molar-refractivity contribution in [3.05, 3.63) is 71.5 Å². The van der Waals surface area contributed by atoms with Crippen LogP contribution in [0.4, 0.5) is 5.69 Å². The molecule has 2 heterocycles. The van der Waals surface area contributed by atoms with Crippen molar-refractivity contribution in [2.45, 2.75) is 33.6 Å². The number of benzene rings is 2. The SMILES string of the molecule is Cc1cccnc1C(=O)Nc1ccc2c(CC3CCOCC3(C)C)cccc2c1. The van der Waals surface area contributed by atoms with Gasteiger partial charge in [0.25, 0.3) is 5.91 Å². The number of aryl methyl sites for hydroxylation is 1. The molecular formula is C25H28N2O2. The van der Waals surface area contributed by atoms with E-state index >= 15 is 0 Å². The number of fused-ring (bicyclic) bond motifs is 1. The molecule has 1 atom stereocenters. The van der Waals surface area contributed by atoms with E-state index in [9.17, 15) is 4.79 Å². The summed E-state index contributed by atoms with van der Waals surface area (Å²) in [5.74, 6) is 0.427. The Kier molecular flexibility index (Phi) is 5.37. The average Bonchev–Trinajstić information content (AvgIpc) is 2.70. The summed E-state index contributed by atoms with van der Waals surface area (Å²) in [5.41, 5.74) is 3.67. The van der Waals surface area contributed by atoms with Gasteiger partial charge in [-0.3, -0.25) is 9.78 Å². The quantitative estimate of drug-likeness (QED) is 0.651. The van der Waals surface area contributed by atoms with Gasteiger partial charge in [-0.25, -0.2) is 0 Å². The van der Waals surface area contributed by atoms with E-state index < -0.39 is 0 Å². The Balaban J connectivity index is 1.58. The molecule has 1 aromatic heterocycles. The topological polar surface area (TPSA) is 51.2 Å². The van der Waals surface area contributed by atoms with Crippen molar-refractivity contribution in [3.63, 3.8) is 0 Å². The molecule has 0 radical (unpaired) electrons. The Bertz CT molecular complexity index is 1040. The summed E-state index contributed by atoms with van der Waals surface area (Å²) >= 11 is 0. The van der Waals surface area contributed by atoms with Gasteiger partial charge in [0.1, 0.15) is 5.69 Å². The van der Waals surface area contributed by atoms with Crippen molar-refractivity contribution in [2.24, 2.45) is 11.3 Å². The van der Waals surface area contributed by atoms with Crippen molar-refractivity contribution < 1.29 is 9.53 Å². The van der Waals surface area contributed by atoms with Gasteiger partial charge < -0.3 is 10.1 Å². The molecule has 0 spiro atoms. The molecular weight excluding hydrogens is 360 g/mol. The molecule has 4 rings (SSSR count). The molecule has 1 fully saturated rings. The average molecular weight is 389 g/mol. The van der Waals surface area contributed by atoms with Crippen LogP contribution in [0.2, 0.25) is 0 Å². The summed E-state index contributed by atoms with van der Waals surface area (Å²) in [6.45, 7) is 8.17. The van der Waals surface area contributed by atoms with Gasteiger partial charge >= 0.3 is 0 Å². The Morgan fingerprint density at radius 1 is 1.21 bits per heavy atom. The number of aromatic nitrogens is 1. The number of anilines is 1. The number of ether oxygens (including phenoxy) is 1. The Labute approximate surface area is 172 Å². The summed E-state index contributed by atoms with van der Waals surface area (Å²) in [7, 11) is 0. The van der Waals surface area contributed by atoms with Gasteiger partial charge in [0.15, 0.2) is 0 Å². The van der Waals surface area contributed by atoms with Crippen molar-refractivity contribution in [1.29, 1.82) is 0 Å². The smallest absolute Gasteiger partial charge is 0.274 e. The number of pyridine rings is 1. The lowest BCUT2D eigenvalue weighted by atomic mass is 9.73. The third-order valence-corrected chi connectivity index (χ3v) is 6.11. The fourth-order valence-electron chi connectivity index (χ4n) is 4.23. The van der Waals surface area contributed by atoms with Gasteiger partial charge in [-0.1, -0.05) is 44.2 Å². The van der Waals surface area contributed by atoms with Crippen LogP contribution in [-0.4, -0.2) is 24.1 Å². The van der Waals surface area contributed by atoms with Gasteiger partial charge in [-0.15, -0.1) is 0 Å². The fourth-order valence-corrected chi connectivity index (χ4v) is 4.23. The number of rotatable bonds is 4. The fraction of sp³-hybridized carbons (Fsp3) is 0.360. The molecule has 4 heteroatoms. The van der Waals surface area contributed by atoms with Gasteiger partial charge in [-0.05, 0) is 71.2 Å². The lowest BCUT2D eigenvalue weighted by molar-refractivity contribution is -0.0309. The molecule has 1 amide bonds. The largest absolute Gasteiger partial charge is 0.381 e. The van der Waals surface area contributed by atoms with Gasteiger partial charge in [0.2, 0.25) is 0 Å². The maximum atomic E-state index is 12.6. The van der Waals surface area contributed by atoms with E-state index in [2.05, 4.69) is 48.4 Å². The first-order valence-electron chi connectivity index (χ1n) is 10.3. The van der Waals surface area contributed by atoms with E-state index in [4.69, 9.17) is 4.74 Å². The molecule has 0 saturated carbocycles. The van der Waals surface area contributed by atoms with E-state index in [1.54, 1.807) is 6.20 Å². The van der Waals surface area contributed by atoms with Crippen LogP contribution in [0.1, 0.15) is 41.9 Å². The lowest BCUT2D eigenvalue weighted by Gasteiger charge is -2.38. The lowest BCUT2D eigenvalue weighted by Crippen LogP contribution is -2.36. The van der Waals surface area contributed by atoms with E-state index in [1.807, 2.05) is 31.2 Å². The molecule has 0 bridgehead atoms. The molecule has 29 heavy (non-hydrogen) atoms. The predicted molar refractivity (Wildman–Crippen MR) is 117 cm³/mol. The molecule has 3 aromatic rings. The monoisotopic (exact) mass is 388 g/mol. The Morgan fingerprint density at radius 3 is 2.86 bits per heavy atom. The molecule has 1 saturated heterocycles. The highest BCUT2D eigenvalue weighted by atomic mass is 16.5. The van der Waals surface area contributed by atoms with E-state index in [0.717, 1.165) is 42.7 Å². The second-order valence-electron chi connectivity index (χ2n) is 8.71. The highest BCUT2D eigenvalue weighted by molar-refractivity contribution is 6.04. The molecule has 1 aliphatic heterocycles. The molecule has 1 N–H and O–H groups in total. The number of carbonyl (C=O) groups excluding carboxylic acids is 1. The summed E-state index contributed by atoms with van der Waals surface area (Å²) in [6, 6.07) is 16.3. The molecule has 2 aromatic carbocycles. The minimum atomic E-state index is -0.178. The predicted octanol–water partition coefficient (Wildman–Crippen LogP) is 5.40. The minimum absolute atomic E-state index is 0.178. The first-order valence-corrected chi connectivity index (χ1v) is 10.3. The van der Waals surface area contributed by atoms with Crippen LogP contribution in [0, 0.1) is 18.3 Å². The normalized spacial score (nSPS) is 18.5. The number of nitrogens with one attached hydrogen (secondary N) is 1. The molecule has 0 aliphatic carbocycles. The van der Waals surface area contributed by atoms with E-state index in [0.29, 0.717) is 11.6 Å². The first kappa shape index (κ1) is 19.6. The van der Waals surface area contributed by atoms with Crippen molar-refractivity contribution >= 4 is 22.4 Å². The van der Waals surface area contributed by atoms with Crippen molar-refractivity contribution in [2.75, 3.05) is 18.5 Å². The third-order valence-electron chi connectivity index (χ3n) is 6.11. The maximum Gasteiger partial charge on any atom is 0.274 e. The maximum absolute atomic E-state index is 12.6. The number of hydrogen-bond acceptors (Lipinski definition) is 3. The van der Waals surface area contributed by atoms with Gasteiger partial charge in [0, 0.05) is 18.5 Å². The number of nitrogens with zero attached hydrogens (tertiary/aromatic N) is 1. The molecule has 1 aliphatic rings. The molecule has 150 valence electrons. The number of carbonyl (C=O) groups is 1. The van der Waals surface area contributed by atoms with E-state index in [1.165, 1.54) is 10.9 Å². The second kappa shape index (κ2) is 7.96. The zero-order valence-corrected chi connectivity index (χ0v) is 17.4. The summed E-state index contributed by atoms with van der Waals surface area (Å²) < 4.78 is 5.69. The van der Waals surface area contributed by atoms with Crippen molar-refractivity contribution in [3.8, 4) is 0 Å². The summed E-state index contributed by atoms with van der Waals surface area (Å²) in [5, 5.41) is 5.38. The zero-order chi connectivity index (χ0) is 20.4. The Hall–Kier alpha value is -2.72. The van der Waals surface area contributed by atoms with Crippen LogP contribution >= 0.6 is 0 Å². The summed E-state index contributed by atoms with van der Waals surface area (Å²) in [6.07, 6.45) is 3.79. The second-order valence-corrected chi connectivity index (χ2v) is 8.71. The van der Waals surface area contributed by atoms with Gasteiger partial charge in [0.05, 0.1) is 6.61 Å². The van der Waals surface area contributed by atoms with Crippen LogP contribution < -0.4 is 5.32 Å². The van der Waals surface area contributed by atoms with E-state index in [-0.39, 0.29) is 11.3 Å². The highest BCUT2D eigenvalue weighted by Crippen LogP contribution is 2.37. The minimum Gasteiger partial charge on any atom is -0.381 e. The first-order chi connectivity index (χ1) is 13.9. The molecule has 4 nitrogen and oxygen atoms in total. The summed E-state index contributed by atoms with van der Waals surface area (Å²) in [4.78, 5) is 16.8. The van der Waals surface area contributed by atoms with Crippen LogP contribution in [0.15, 0.2) is 54.7 Å². The highest BCUT2D eigenvalue weighted by Gasteiger charge is 2.33. The number of amides is 1. The van der Waals surface area contributed by atoms with Crippen LogP contribution in [0.25, 0.3) is 10.8 Å². The number of hydrogen-bond donors (Lipinski definition) is 1. The third kappa shape index (κ3) is 4.18. The van der Waals surface area contributed by atoms with Crippen LogP contribution in [0.5, 0.6) is 0 Å². The standard InChI is InChI=1S/C25H28N2O2/c1-17-6-5-12-26-23(17)24(28)27-21-9-10-22-18(7-4-8-19(22)15-21)14-20-11-13-29-16-25(20,2)3/h4-10,12,15,20H,11,13-14,16H2,1-3H3,(H,27,28). The van der Waals surface area contributed by atoms with Crippen LogP contribution in [0.3, 0.4) is 0 Å².